The lowest BCUT2D eigenvalue weighted by atomic mass is 9.99. The molecule has 0 fully saturated rings. The van der Waals surface area contributed by atoms with Gasteiger partial charge in [-0.05, 0) is 54.0 Å². The highest BCUT2D eigenvalue weighted by molar-refractivity contribution is 5.87. The Labute approximate surface area is 136 Å². The van der Waals surface area contributed by atoms with Crippen molar-refractivity contribution in [2.75, 3.05) is 6.54 Å². The van der Waals surface area contributed by atoms with E-state index in [1.807, 2.05) is 42.5 Å². The average molecular weight is 303 g/mol. The Morgan fingerprint density at radius 2 is 2.04 bits per heavy atom. The van der Waals surface area contributed by atoms with E-state index in [0.29, 0.717) is 13.1 Å². The van der Waals surface area contributed by atoms with Crippen molar-refractivity contribution in [1.29, 1.82) is 0 Å². The van der Waals surface area contributed by atoms with E-state index in [-0.39, 0.29) is 5.91 Å². The minimum absolute atomic E-state index is 0.0259. The van der Waals surface area contributed by atoms with E-state index < -0.39 is 0 Å². The van der Waals surface area contributed by atoms with Crippen molar-refractivity contribution in [2.45, 2.75) is 13.0 Å². The predicted octanol–water partition coefficient (Wildman–Crippen LogP) is 3.53. The summed E-state index contributed by atoms with van der Waals surface area (Å²) in [5.74, 6) is 4.07. The first-order valence-corrected chi connectivity index (χ1v) is 7.47. The van der Waals surface area contributed by atoms with Gasteiger partial charge in [0.25, 0.3) is 0 Å². The largest absolute Gasteiger partial charge is 0.457 e. The summed E-state index contributed by atoms with van der Waals surface area (Å²) < 4.78 is 5.89. The molecule has 23 heavy (non-hydrogen) atoms. The van der Waals surface area contributed by atoms with Crippen LogP contribution in [0, 0.1) is 12.3 Å². The number of rotatable bonds is 3. The summed E-state index contributed by atoms with van der Waals surface area (Å²) in [7, 11) is 0. The van der Waals surface area contributed by atoms with Crippen LogP contribution in [-0.4, -0.2) is 17.4 Å². The number of ether oxygens (including phenoxy) is 1. The lowest BCUT2D eigenvalue weighted by Crippen LogP contribution is -2.34. The van der Waals surface area contributed by atoms with E-state index >= 15 is 0 Å². The zero-order valence-corrected chi connectivity index (χ0v) is 12.8. The second kappa shape index (κ2) is 6.41. The number of terminal acetylenes is 1. The molecule has 0 unspecified atom stereocenters. The van der Waals surface area contributed by atoms with E-state index in [1.165, 1.54) is 11.6 Å². The number of nitrogens with zero attached hydrogens (tertiary/aromatic N) is 1. The third-order valence-electron chi connectivity index (χ3n) is 3.91. The van der Waals surface area contributed by atoms with Crippen molar-refractivity contribution in [3.63, 3.8) is 0 Å². The van der Waals surface area contributed by atoms with Gasteiger partial charge in [-0.25, -0.2) is 0 Å². The first kappa shape index (κ1) is 14.9. The summed E-state index contributed by atoms with van der Waals surface area (Å²) >= 11 is 0. The van der Waals surface area contributed by atoms with E-state index in [2.05, 4.69) is 12.5 Å². The summed E-state index contributed by atoms with van der Waals surface area (Å²) in [6, 6.07) is 13.4. The molecule has 114 valence electrons. The number of hydrogen-bond donors (Lipinski definition) is 0. The van der Waals surface area contributed by atoms with Crippen LogP contribution in [0.5, 0.6) is 11.5 Å². The summed E-state index contributed by atoms with van der Waals surface area (Å²) in [6.45, 7) is 4.86. The van der Waals surface area contributed by atoms with Crippen molar-refractivity contribution >= 4 is 5.91 Å². The molecular weight excluding hydrogens is 286 g/mol. The van der Waals surface area contributed by atoms with Crippen molar-refractivity contribution in [3.8, 4) is 23.8 Å². The van der Waals surface area contributed by atoms with Gasteiger partial charge in [0.15, 0.2) is 0 Å². The Morgan fingerprint density at radius 3 is 2.83 bits per heavy atom. The van der Waals surface area contributed by atoms with Gasteiger partial charge in [-0.2, -0.15) is 0 Å². The van der Waals surface area contributed by atoms with Crippen LogP contribution in [0.15, 0.2) is 55.1 Å². The molecule has 0 radical (unpaired) electrons. The summed E-state index contributed by atoms with van der Waals surface area (Å²) in [5.41, 5.74) is 3.15. The van der Waals surface area contributed by atoms with Gasteiger partial charge in [0.1, 0.15) is 11.5 Å². The highest BCUT2D eigenvalue weighted by atomic mass is 16.5. The third-order valence-corrected chi connectivity index (χ3v) is 3.91. The molecule has 0 bridgehead atoms. The number of fused-ring (bicyclic) bond motifs is 1. The maximum Gasteiger partial charge on any atom is 0.246 e. The maximum atomic E-state index is 11.7. The number of carbonyl (C=O) groups excluding carboxylic acids is 1. The second-order valence-corrected chi connectivity index (χ2v) is 5.42. The first-order chi connectivity index (χ1) is 11.2. The fourth-order valence-corrected chi connectivity index (χ4v) is 2.70. The molecule has 3 nitrogen and oxygen atoms in total. The molecule has 1 heterocycles. The second-order valence-electron chi connectivity index (χ2n) is 5.42. The van der Waals surface area contributed by atoms with Crippen LogP contribution >= 0.6 is 0 Å². The molecule has 0 aliphatic carbocycles. The fraction of sp³-hybridized carbons (Fsp3) is 0.150. The molecular formula is C20H17NO2. The van der Waals surface area contributed by atoms with E-state index in [1.54, 1.807) is 4.90 Å². The van der Waals surface area contributed by atoms with Gasteiger partial charge in [-0.3, -0.25) is 4.79 Å². The Bertz CT molecular complexity index is 802. The van der Waals surface area contributed by atoms with Crippen molar-refractivity contribution in [3.05, 3.63) is 71.8 Å². The molecule has 0 aromatic heterocycles. The monoisotopic (exact) mass is 303 g/mol. The number of hydrogen-bond acceptors (Lipinski definition) is 2. The average Bonchev–Trinajstić information content (AvgIpc) is 2.60. The Morgan fingerprint density at radius 1 is 1.22 bits per heavy atom. The molecule has 1 aliphatic heterocycles. The zero-order valence-electron chi connectivity index (χ0n) is 12.8. The SMILES string of the molecule is C#Cc1cccc(Oc2ccc3c(c2)CCN(C(=O)C=C)C3)c1. The maximum absolute atomic E-state index is 11.7. The summed E-state index contributed by atoms with van der Waals surface area (Å²) in [5, 5.41) is 0. The lowest BCUT2D eigenvalue weighted by Gasteiger charge is -2.28. The first-order valence-electron chi connectivity index (χ1n) is 7.47. The van der Waals surface area contributed by atoms with Crippen LogP contribution < -0.4 is 4.74 Å². The van der Waals surface area contributed by atoms with Crippen molar-refractivity contribution in [2.24, 2.45) is 0 Å². The van der Waals surface area contributed by atoms with Crippen LogP contribution in [0.4, 0.5) is 0 Å². The molecule has 1 amide bonds. The molecule has 3 rings (SSSR count). The van der Waals surface area contributed by atoms with Gasteiger partial charge in [0, 0.05) is 18.7 Å². The van der Waals surface area contributed by atoms with Crippen LogP contribution in [0.1, 0.15) is 16.7 Å². The molecule has 0 saturated carbocycles. The van der Waals surface area contributed by atoms with E-state index in [4.69, 9.17) is 11.2 Å². The standard InChI is InChI=1S/C20H17NO2/c1-3-15-6-5-7-18(12-15)23-19-9-8-17-14-21(20(22)4-2)11-10-16(17)13-19/h1,4-9,12-13H,2,10-11,14H2. The van der Waals surface area contributed by atoms with Gasteiger partial charge < -0.3 is 9.64 Å². The Balaban J connectivity index is 1.78. The smallest absolute Gasteiger partial charge is 0.246 e. The van der Waals surface area contributed by atoms with Crippen LogP contribution in [0.25, 0.3) is 0 Å². The number of amides is 1. The van der Waals surface area contributed by atoms with Gasteiger partial charge in [-0.1, -0.05) is 24.6 Å². The van der Waals surface area contributed by atoms with E-state index in [0.717, 1.165) is 29.0 Å². The van der Waals surface area contributed by atoms with Gasteiger partial charge in [0.05, 0.1) is 0 Å². The molecule has 0 saturated heterocycles. The van der Waals surface area contributed by atoms with Crippen LogP contribution in [0.2, 0.25) is 0 Å². The quantitative estimate of drug-likeness (QED) is 0.641. The normalized spacial score (nSPS) is 12.9. The molecule has 2 aromatic rings. The van der Waals surface area contributed by atoms with Crippen LogP contribution in [0.3, 0.4) is 0 Å². The lowest BCUT2D eigenvalue weighted by molar-refractivity contribution is -0.126. The van der Waals surface area contributed by atoms with Gasteiger partial charge >= 0.3 is 0 Å². The zero-order chi connectivity index (χ0) is 16.2. The number of benzene rings is 2. The Hall–Kier alpha value is -2.99. The summed E-state index contributed by atoms with van der Waals surface area (Å²) in [6.07, 6.45) is 7.59. The highest BCUT2D eigenvalue weighted by Gasteiger charge is 2.19. The predicted molar refractivity (Wildman–Crippen MR) is 90.2 cm³/mol. The minimum Gasteiger partial charge on any atom is -0.457 e. The minimum atomic E-state index is -0.0259. The van der Waals surface area contributed by atoms with Crippen molar-refractivity contribution < 1.29 is 9.53 Å². The van der Waals surface area contributed by atoms with Crippen molar-refractivity contribution in [1.82, 2.24) is 4.90 Å². The third kappa shape index (κ3) is 3.27. The van der Waals surface area contributed by atoms with E-state index in [9.17, 15) is 4.79 Å². The molecule has 2 aromatic carbocycles. The van der Waals surface area contributed by atoms with Gasteiger partial charge in [-0.15, -0.1) is 6.42 Å². The summed E-state index contributed by atoms with van der Waals surface area (Å²) in [4.78, 5) is 13.5. The number of carbonyl (C=O) groups is 1. The fourth-order valence-electron chi connectivity index (χ4n) is 2.70. The molecule has 0 spiro atoms. The van der Waals surface area contributed by atoms with Crippen LogP contribution in [-0.2, 0) is 17.8 Å². The Kier molecular flexibility index (Phi) is 4.16. The molecule has 0 atom stereocenters. The molecule has 0 N–H and O–H groups in total. The molecule has 1 aliphatic rings. The highest BCUT2D eigenvalue weighted by Crippen LogP contribution is 2.27. The topological polar surface area (TPSA) is 29.5 Å². The molecule has 3 heteroatoms. The van der Waals surface area contributed by atoms with Gasteiger partial charge in [0.2, 0.25) is 5.91 Å².